The second-order valence-corrected chi connectivity index (χ2v) is 12.5. The van der Waals surface area contributed by atoms with Crippen molar-refractivity contribution in [2.45, 2.75) is 38.9 Å². The SMILES string of the molecule is COCCOc1cc(F)cc(F)c1-c1c(-c2cc3n(n2)CCNC3C)nc(-c2ccc3c(c2)C(C)N(C)CC3)c2ccsc12. The number of nitrogens with one attached hydrogen (secondary N) is 1. The fourth-order valence-corrected chi connectivity index (χ4v) is 7.40. The summed E-state index contributed by atoms with van der Waals surface area (Å²) in [6.07, 6.45) is 1.00. The second kappa shape index (κ2) is 11.7. The first-order chi connectivity index (χ1) is 21.3. The van der Waals surface area contributed by atoms with Crippen molar-refractivity contribution >= 4 is 21.4 Å². The largest absolute Gasteiger partial charge is 0.490 e. The van der Waals surface area contributed by atoms with E-state index in [0.717, 1.165) is 59.2 Å². The van der Waals surface area contributed by atoms with Crippen LogP contribution in [0.15, 0.2) is 47.8 Å². The van der Waals surface area contributed by atoms with Crippen LogP contribution < -0.4 is 10.1 Å². The molecule has 2 aliphatic rings. The van der Waals surface area contributed by atoms with E-state index in [4.69, 9.17) is 19.6 Å². The fraction of sp³-hybridized carbons (Fsp3) is 0.353. The summed E-state index contributed by atoms with van der Waals surface area (Å²) < 4.78 is 44.5. The van der Waals surface area contributed by atoms with Gasteiger partial charge in [0.2, 0.25) is 0 Å². The maximum Gasteiger partial charge on any atom is 0.137 e. The van der Waals surface area contributed by atoms with E-state index in [9.17, 15) is 4.39 Å². The van der Waals surface area contributed by atoms with Crippen molar-refractivity contribution in [2.75, 3.05) is 40.5 Å². The monoisotopic (exact) mass is 615 g/mol. The first-order valence-corrected chi connectivity index (χ1v) is 15.9. The molecule has 0 fully saturated rings. The minimum absolute atomic E-state index is 0.105. The molecule has 10 heteroatoms. The van der Waals surface area contributed by atoms with Crippen LogP contribution in [0.3, 0.4) is 0 Å². The van der Waals surface area contributed by atoms with Crippen molar-refractivity contribution in [3.05, 3.63) is 76.3 Å². The maximum atomic E-state index is 16.0. The van der Waals surface area contributed by atoms with Gasteiger partial charge in [-0.1, -0.05) is 12.1 Å². The third-order valence-electron chi connectivity index (χ3n) is 8.96. The lowest BCUT2D eigenvalue weighted by atomic mass is 9.90. The Morgan fingerprint density at radius 2 is 1.89 bits per heavy atom. The van der Waals surface area contributed by atoms with Crippen molar-refractivity contribution in [2.24, 2.45) is 0 Å². The molecule has 7 nitrogen and oxygen atoms in total. The number of methoxy groups -OCH3 is 1. The van der Waals surface area contributed by atoms with Crippen LogP contribution in [0.5, 0.6) is 5.75 Å². The molecule has 2 aliphatic heterocycles. The molecule has 0 saturated carbocycles. The Labute approximate surface area is 259 Å². The standard InChI is InChI=1S/C34H35F2N5O2S/c1-19-28-18-27(39-41(28)11-9-37-19)33-31(30-26(36)16-23(35)17-29(30)43-13-12-42-4)34-24(8-14-44-34)32(38-33)22-6-5-21-7-10-40(3)20(2)25(21)15-22/h5-6,8,14-20,37H,7,9-13H2,1-4H3. The zero-order valence-corrected chi connectivity index (χ0v) is 26.1. The van der Waals surface area contributed by atoms with E-state index in [-0.39, 0.29) is 36.6 Å². The summed E-state index contributed by atoms with van der Waals surface area (Å²) in [7, 11) is 3.71. The summed E-state index contributed by atoms with van der Waals surface area (Å²) in [5.74, 6) is -1.32. The molecule has 0 amide bonds. The molecule has 2 aromatic carbocycles. The Hall–Kier alpha value is -3.70. The first-order valence-electron chi connectivity index (χ1n) is 15.0. The fourth-order valence-electron chi connectivity index (χ4n) is 6.46. The summed E-state index contributed by atoms with van der Waals surface area (Å²) in [5.41, 5.74) is 7.38. The molecule has 5 aromatic rings. The lowest BCUT2D eigenvalue weighted by molar-refractivity contribution is 0.146. The molecule has 5 heterocycles. The topological polar surface area (TPSA) is 64.4 Å². The molecule has 0 saturated heterocycles. The van der Waals surface area contributed by atoms with Gasteiger partial charge in [-0.25, -0.2) is 13.8 Å². The van der Waals surface area contributed by atoms with Crippen molar-refractivity contribution < 1.29 is 18.3 Å². The number of likely N-dealkylation sites (N-methyl/N-ethyl adjacent to an activating group) is 1. The summed E-state index contributed by atoms with van der Waals surface area (Å²) in [5, 5.41) is 11.4. The number of hydrogen-bond donors (Lipinski definition) is 1. The van der Waals surface area contributed by atoms with Gasteiger partial charge in [0, 0.05) is 65.6 Å². The van der Waals surface area contributed by atoms with Crippen LogP contribution in [0.4, 0.5) is 8.78 Å². The van der Waals surface area contributed by atoms with E-state index in [1.807, 2.05) is 22.2 Å². The Morgan fingerprint density at radius 1 is 1.02 bits per heavy atom. The number of fused-ring (bicyclic) bond motifs is 3. The van der Waals surface area contributed by atoms with Gasteiger partial charge in [-0.15, -0.1) is 11.3 Å². The minimum atomic E-state index is -0.715. The van der Waals surface area contributed by atoms with Gasteiger partial charge < -0.3 is 14.8 Å². The lowest BCUT2D eigenvalue weighted by Crippen LogP contribution is -2.31. The number of benzene rings is 2. The van der Waals surface area contributed by atoms with Crippen molar-refractivity contribution in [3.8, 4) is 39.5 Å². The number of thiophene rings is 1. The lowest BCUT2D eigenvalue weighted by Gasteiger charge is -2.32. The number of hydrogen-bond acceptors (Lipinski definition) is 7. The molecule has 0 spiro atoms. The van der Waals surface area contributed by atoms with Crippen LogP contribution in [0.2, 0.25) is 0 Å². The van der Waals surface area contributed by atoms with Crippen molar-refractivity contribution in [1.82, 2.24) is 25.0 Å². The molecule has 44 heavy (non-hydrogen) atoms. The highest BCUT2D eigenvalue weighted by atomic mass is 32.1. The van der Waals surface area contributed by atoms with Crippen molar-refractivity contribution in [3.63, 3.8) is 0 Å². The third-order valence-corrected chi connectivity index (χ3v) is 9.89. The number of rotatable bonds is 7. The smallest absolute Gasteiger partial charge is 0.137 e. The summed E-state index contributed by atoms with van der Waals surface area (Å²) in [4.78, 5) is 7.67. The van der Waals surface area contributed by atoms with E-state index in [1.54, 1.807) is 7.11 Å². The van der Waals surface area contributed by atoms with Gasteiger partial charge in [0.15, 0.2) is 0 Å². The molecular formula is C34H35F2N5O2S. The van der Waals surface area contributed by atoms with Gasteiger partial charge in [-0.05, 0) is 62.0 Å². The molecular weight excluding hydrogens is 580 g/mol. The highest BCUT2D eigenvalue weighted by Crippen LogP contribution is 2.47. The van der Waals surface area contributed by atoms with E-state index >= 15 is 4.39 Å². The Morgan fingerprint density at radius 3 is 2.70 bits per heavy atom. The second-order valence-electron chi connectivity index (χ2n) is 11.6. The van der Waals surface area contributed by atoms with Gasteiger partial charge in [-0.2, -0.15) is 5.10 Å². The van der Waals surface area contributed by atoms with Crippen LogP contribution in [0, 0.1) is 11.6 Å². The molecule has 0 bridgehead atoms. The zero-order chi connectivity index (χ0) is 30.5. The predicted octanol–water partition coefficient (Wildman–Crippen LogP) is 7.01. The number of nitrogens with zero attached hydrogens (tertiary/aromatic N) is 4. The molecule has 3 aromatic heterocycles. The third kappa shape index (κ3) is 4.99. The van der Waals surface area contributed by atoms with Crippen LogP contribution >= 0.6 is 11.3 Å². The highest BCUT2D eigenvalue weighted by molar-refractivity contribution is 7.18. The molecule has 2 atom stereocenters. The van der Waals surface area contributed by atoms with Gasteiger partial charge in [0.05, 0.1) is 30.1 Å². The average molecular weight is 616 g/mol. The van der Waals surface area contributed by atoms with E-state index in [2.05, 4.69) is 49.3 Å². The molecule has 228 valence electrons. The molecule has 1 N–H and O–H groups in total. The molecule has 2 unspecified atom stereocenters. The van der Waals surface area contributed by atoms with Crippen LogP contribution in [0.1, 0.15) is 42.8 Å². The number of ether oxygens (including phenoxy) is 2. The zero-order valence-electron chi connectivity index (χ0n) is 25.3. The van der Waals surface area contributed by atoms with Gasteiger partial charge >= 0.3 is 0 Å². The highest BCUT2D eigenvalue weighted by Gasteiger charge is 2.29. The predicted molar refractivity (Wildman–Crippen MR) is 170 cm³/mol. The van der Waals surface area contributed by atoms with Crippen molar-refractivity contribution in [1.29, 1.82) is 0 Å². The molecule has 7 rings (SSSR count). The Kier molecular flexibility index (Phi) is 7.70. The van der Waals surface area contributed by atoms with Crippen LogP contribution in [-0.4, -0.2) is 60.1 Å². The number of pyridine rings is 1. The van der Waals surface area contributed by atoms with Gasteiger partial charge in [0.1, 0.15) is 35.4 Å². The summed E-state index contributed by atoms with van der Waals surface area (Å²) in [6.45, 7) is 7.30. The Balaban J connectivity index is 1.50. The van der Waals surface area contributed by atoms with E-state index in [1.165, 1.54) is 28.5 Å². The molecule has 0 aliphatic carbocycles. The minimum Gasteiger partial charge on any atom is -0.490 e. The van der Waals surface area contributed by atoms with Gasteiger partial charge in [0.25, 0.3) is 0 Å². The summed E-state index contributed by atoms with van der Waals surface area (Å²) in [6, 6.07) is 13.2. The van der Waals surface area contributed by atoms with Gasteiger partial charge in [-0.3, -0.25) is 9.58 Å². The first kappa shape index (κ1) is 29.0. The van der Waals surface area contributed by atoms with Crippen LogP contribution in [-0.2, 0) is 17.7 Å². The average Bonchev–Trinajstić information content (AvgIpc) is 3.67. The maximum absolute atomic E-state index is 16.0. The van der Waals surface area contributed by atoms with E-state index in [0.29, 0.717) is 17.0 Å². The summed E-state index contributed by atoms with van der Waals surface area (Å²) >= 11 is 1.51. The van der Waals surface area contributed by atoms with E-state index < -0.39 is 11.6 Å². The Bertz CT molecular complexity index is 1870. The quantitative estimate of drug-likeness (QED) is 0.199. The molecule has 0 radical (unpaired) electrons. The number of aromatic nitrogens is 3. The van der Waals surface area contributed by atoms with Crippen LogP contribution in [0.25, 0.3) is 43.9 Å². The number of halogens is 2. The normalized spacial score (nSPS) is 18.4.